The van der Waals surface area contributed by atoms with Crippen molar-refractivity contribution in [2.24, 2.45) is 0 Å². The second kappa shape index (κ2) is 5.98. The Hall–Kier alpha value is -1.13. The molecule has 4 nitrogen and oxygen atoms in total. The SMILES string of the molecule is CN1CCN(CCCC(=O)c2ccco2)CC1. The lowest BCUT2D eigenvalue weighted by molar-refractivity contribution is 0.0940. The molecule has 1 aromatic rings. The molecule has 0 amide bonds. The van der Waals surface area contributed by atoms with Crippen molar-refractivity contribution in [1.82, 2.24) is 9.80 Å². The monoisotopic (exact) mass is 236 g/mol. The van der Waals surface area contributed by atoms with Gasteiger partial charge in [-0.15, -0.1) is 0 Å². The highest BCUT2D eigenvalue weighted by Gasteiger charge is 2.14. The van der Waals surface area contributed by atoms with E-state index in [4.69, 9.17) is 4.42 Å². The number of likely N-dealkylation sites (N-methyl/N-ethyl adjacent to an activating group) is 1. The van der Waals surface area contributed by atoms with E-state index in [-0.39, 0.29) is 5.78 Å². The van der Waals surface area contributed by atoms with E-state index in [0.717, 1.165) is 39.1 Å². The van der Waals surface area contributed by atoms with Gasteiger partial charge < -0.3 is 14.2 Å². The van der Waals surface area contributed by atoms with E-state index in [1.54, 1.807) is 18.4 Å². The van der Waals surface area contributed by atoms with Crippen LogP contribution in [0.25, 0.3) is 0 Å². The van der Waals surface area contributed by atoms with E-state index in [9.17, 15) is 4.79 Å². The maximum Gasteiger partial charge on any atom is 0.198 e. The molecule has 0 atom stereocenters. The molecule has 0 spiro atoms. The molecule has 0 aromatic carbocycles. The first-order chi connectivity index (χ1) is 8.25. The minimum absolute atomic E-state index is 0.115. The molecule has 0 radical (unpaired) electrons. The minimum atomic E-state index is 0.115. The van der Waals surface area contributed by atoms with Crippen LogP contribution in [0.5, 0.6) is 0 Å². The highest BCUT2D eigenvalue weighted by Crippen LogP contribution is 2.07. The molecule has 94 valence electrons. The third-order valence-electron chi connectivity index (χ3n) is 3.27. The lowest BCUT2D eigenvalue weighted by atomic mass is 10.1. The van der Waals surface area contributed by atoms with Gasteiger partial charge in [0.2, 0.25) is 0 Å². The number of Topliss-reactive ketones (excluding diaryl/α,β-unsaturated/α-hetero) is 1. The molecule has 0 saturated carbocycles. The van der Waals surface area contributed by atoms with Crippen LogP contribution >= 0.6 is 0 Å². The van der Waals surface area contributed by atoms with Crippen LogP contribution < -0.4 is 0 Å². The summed E-state index contributed by atoms with van der Waals surface area (Å²) in [5.74, 6) is 0.604. The fourth-order valence-corrected chi connectivity index (χ4v) is 2.10. The largest absolute Gasteiger partial charge is 0.461 e. The van der Waals surface area contributed by atoms with E-state index in [0.29, 0.717) is 12.2 Å². The Balaban J connectivity index is 1.64. The van der Waals surface area contributed by atoms with Gasteiger partial charge in [0, 0.05) is 32.6 Å². The van der Waals surface area contributed by atoms with Gasteiger partial charge in [0.1, 0.15) is 0 Å². The maximum absolute atomic E-state index is 11.7. The highest BCUT2D eigenvalue weighted by atomic mass is 16.3. The van der Waals surface area contributed by atoms with E-state index >= 15 is 0 Å². The second-order valence-electron chi connectivity index (χ2n) is 4.65. The third-order valence-corrected chi connectivity index (χ3v) is 3.27. The molecule has 1 aliphatic heterocycles. The first kappa shape index (κ1) is 12.3. The van der Waals surface area contributed by atoms with Crippen LogP contribution in [0.4, 0.5) is 0 Å². The molecule has 0 N–H and O–H groups in total. The van der Waals surface area contributed by atoms with E-state index < -0.39 is 0 Å². The first-order valence-electron chi connectivity index (χ1n) is 6.23. The number of rotatable bonds is 5. The molecule has 2 rings (SSSR count). The molecular formula is C13H20N2O2. The number of nitrogens with zero attached hydrogens (tertiary/aromatic N) is 2. The number of hydrogen-bond donors (Lipinski definition) is 0. The minimum Gasteiger partial charge on any atom is -0.461 e. The van der Waals surface area contributed by atoms with Crippen molar-refractivity contribution in [1.29, 1.82) is 0 Å². The van der Waals surface area contributed by atoms with Gasteiger partial charge in [-0.1, -0.05) is 0 Å². The molecule has 1 saturated heterocycles. The summed E-state index contributed by atoms with van der Waals surface area (Å²) < 4.78 is 5.08. The average Bonchev–Trinajstić information content (AvgIpc) is 2.85. The fourth-order valence-electron chi connectivity index (χ4n) is 2.10. The number of hydrogen-bond acceptors (Lipinski definition) is 4. The summed E-state index contributed by atoms with van der Waals surface area (Å²) in [6, 6.07) is 3.49. The predicted octanol–water partition coefficient (Wildman–Crippen LogP) is 1.49. The number of carbonyl (C=O) groups is 1. The van der Waals surface area contributed by atoms with Gasteiger partial charge in [-0.05, 0) is 32.1 Å². The van der Waals surface area contributed by atoms with Crippen LogP contribution in [-0.2, 0) is 0 Å². The highest BCUT2D eigenvalue weighted by molar-refractivity contribution is 5.93. The van der Waals surface area contributed by atoms with Crippen LogP contribution in [0.2, 0.25) is 0 Å². The zero-order valence-corrected chi connectivity index (χ0v) is 10.4. The average molecular weight is 236 g/mol. The maximum atomic E-state index is 11.7. The van der Waals surface area contributed by atoms with Gasteiger partial charge in [-0.25, -0.2) is 0 Å². The van der Waals surface area contributed by atoms with Gasteiger partial charge >= 0.3 is 0 Å². The summed E-state index contributed by atoms with van der Waals surface area (Å²) in [6.45, 7) is 5.51. The lowest BCUT2D eigenvalue weighted by Gasteiger charge is -2.32. The summed E-state index contributed by atoms with van der Waals surface area (Å²) >= 11 is 0. The summed E-state index contributed by atoms with van der Waals surface area (Å²) in [4.78, 5) is 16.4. The topological polar surface area (TPSA) is 36.7 Å². The number of carbonyl (C=O) groups excluding carboxylic acids is 1. The smallest absolute Gasteiger partial charge is 0.198 e. The molecule has 1 aromatic heterocycles. The molecule has 1 aliphatic rings. The summed E-state index contributed by atoms with van der Waals surface area (Å²) in [7, 11) is 2.15. The normalized spacial score (nSPS) is 18.4. The molecule has 2 heterocycles. The van der Waals surface area contributed by atoms with Crippen LogP contribution in [0.3, 0.4) is 0 Å². The lowest BCUT2D eigenvalue weighted by Crippen LogP contribution is -2.44. The second-order valence-corrected chi connectivity index (χ2v) is 4.65. The Morgan fingerprint density at radius 3 is 2.76 bits per heavy atom. The van der Waals surface area contributed by atoms with Crippen molar-refractivity contribution in [3.05, 3.63) is 24.2 Å². The van der Waals surface area contributed by atoms with Crippen LogP contribution in [0, 0.1) is 0 Å². The van der Waals surface area contributed by atoms with Gasteiger partial charge in [-0.2, -0.15) is 0 Å². The Morgan fingerprint density at radius 2 is 2.12 bits per heavy atom. The van der Waals surface area contributed by atoms with Gasteiger partial charge in [0.15, 0.2) is 11.5 Å². The standard InChI is InChI=1S/C13H20N2O2/c1-14-7-9-15(10-8-14)6-2-4-12(16)13-5-3-11-17-13/h3,5,11H,2,4,6-10H2,1H3. The molecule has 0 unspecified atom stereocenters. The van der Waals surface area contributed by atoms with Crippen molar-refractivity contribution in [2.75, 3.05) is 39.8 Å². The quantitative estimate of drug-likeness (QED) is 0.726. The predicted molar refractivity (Wildman–Crippen MR) is 66.2 cm³/mol. The van der Waals surface area contributed by atoms with Gasteiger partial charge in [0.05, 0.1) is 6.26 Å². The first-order valence-corrected chi connectivity index (χ1v) is 6.23. The molecular weight excluding hydrogens is 216 g/mol. The third kappa shape index (κ3) is 3.68. The summed E-state index contributed by atoms with van der Waals surface area (Å²) in [5, 5.41) is 0. The number of piperazine rings is 1. The van der Waals surface area contributed by atoms with Crippen LogP contribution in [0.15, 0.2) is 22.8 Å². The van der Waals surface area contributed by atoms with E-state index in [1.807, 2.05) is 0 Å². The van der Waals surface area contributed by atoms with E-state index in [2.05, 4.69) is 16.8 Å². The van der Waals surface area contributed by atoms with Crippen LogP contribution in [-0.4, -0.2) is 55.4 Å². The Labute approximate surface area is 102 Å². The summed E-state index contributed by atoms with van der Waals surface area (Å²) in [6.07, 6.45) is 3.05. The van der Waals surface area contributed by atoms with E-state index in [1.165, 1.54) is 0 Å². The van der Waals surface area contributed by atoms with Gasteiger partial charge in [0.25, 0.3) is 0 Å². The van der Waals surface area contributed by atoms with Crippen molar-refractivity contribution in [3.8, 4) is 0 Å². The Morgan fingerprint density at radius 1 is 1.35 bits per heavy atom. The molecule has 0 bridgehead atoms. The van der Waals surface area contributed by atoms with Crippen molar-refractivity contribution in [2.45, 2.75) is 12.8 Å². The number of furan rings is 1. The molecule has 1 fully saturated rings. The zero-order valence-electron chi connectivity index (χ0n) is 10.4. The molecule has 17 heavy (non-hydrogen) atoms. The van der Waals surface area contributed by atoms with Crippen LogP contribution in [0.1, 0.15) is 23.4 Å². The van der Waals surface area contributed by atoms with Crippen molar-refractivity contribution in [3.63, 3.8) is 0 Å². The van der Waals surface area contributed by atoms with Crippen molar-refractivity contribution < 1.29 is 9.21 Å². The fraction of sp³-hybridized carbons (Fsp3) is 0.615. The molecule has 0 aliphatic carbocycles. The van der Waals surface area contributed by atoms with Crippen molar-refractivity contribution >= 4 is 5.78 Å². The Bertz CT molecular complexity index is 340. The van der Waals surface area contributed by atoms with Gasteiger partial charge in [-0.3, -0.25) is 4.79 Å². The summed E-state index contributed by atoms with van der Waals surface area (Å²) in [5.41, 5.74) is 0. The Kier molecular flexibility index (Phi) is 4.34. The molecule has 4 heteroatoms. The number of ketones is 1. The zero-order chi connectivity index (χ0) is 12.1.